The molecule has 2 heterocycles. The fourth-order valence-electron chi connectivity index (χ4n) is 0.941. The maximum atomic E-state index is 5.82. The average molecular weight is 222 g/mol. The second kappa shape index (κ2) is 2.76. The summed E-state index contributed by atoms with van der Waals surface area (Å²) in [5, 5.41) is 8.22. The van der Waals surface area contributed by atoms with Crippen LogP contribution in [0.5, 0.6) is 0 Å². The molecule has 0 aliphatic carbocycles. The molecule has 62 valence electrons. The maximum Gasteiger partial charge on any atom is 0.228 e. The van der Waals surface area contributed by atoms with Crippen LogP contribution in [0.15, 0.2) is 12.3 Å². The van der Waals surface area contributed by atoms with Crippen LogP contribution in [0.3, 0.4) is 0 Å². The number of aromatic nitrogens is 3. The summed E-state index contributed by atoms with van der Waals surface area (Å²) in [6, 6.07) is 1.68. The molecular formula is C6H2Cl3N3. The Balaban J connectivity index is 2.98. The molecule has 6 heteroatoms. The number of fused-ring (bicyclic) bond motifs is 1. The molecule has 0 fully saturated rings. The van der Waals surface area contributed by atoms with Crippen molar-refractivity contribution in [2.24, 2.45) is 0 Å². The zero-order valence-electron chi connectivity index (χ0n) is 5.63. The van der Waals surface area contributed by atoms with Crippen molar-refractivity contribution in [3.8, 4) is 0 Å². The number of hydrogen-bond acceptors (Lipinski definition) is 2. The van der Waals surface area contributed by atoms with Crippen molar-refractivity contribution in [2.45, 2.75) is 0 Å². The van der Waals surface area contributed by atoms with E-state index in [1.165, 1.54) is 0 Å². The van der Waals surface area contributed by atoms with E-state index in [1.807, 2.05) is 0 Å². The molecule has 0 spiro atoms. The fraction of sp³-hybridized carbons (Fsp3) is 0. The normalized spacial score (nSPS) is 10.9. The van der Waals surface area contributed by atoms with Crippen LogP contribution in [0.2, 0.25) is 15.5 Å². The molecule has 0 radical (unpaired) electrons. The first-order chi connectivity index (χ1) is 5.70. The lowest BCUT2D eigenvalue weighted by atomic mass is 10.5. The van der Waals surface area contributed by atoms with Gasteiger partial charge in [0, 0.05) is 6.20 Å². The lowest BCUT2D eigenvalue weighted by Crippen LogP contribution is -1.93. The van der Waals surface area contributed by atoms with Gasteiger partial charge in [-0.1, -0.05) is 23.2 Å². The molecule has 0 saturated heterocycles. The number of hydrogen-bond donors (Lipinski definition) is 0. The molecule has 3 nitrogen and oxygen atoms in total. The van der Waals surface area contributed by atoms with Gasteiger partial charge in [-0.2, -0.15) is 0 Å². The van der Waals surface area contributed by atoms with E-state index in [0.29, 0.717) is 10.5 Å². The van der Waals surface area contributed by atoms with E-state index >= 15 is 0 Å². The van der Waals surface area contributed by atoms with Gasteiger partial charge in [0.25, 0.3) is 0 Å². The molecule has 2 aromatic rings. The summed E-state index contributed by atoms with van der Waals surface area (Å²) in [4.78, 5) is 0. The third-order valence-electron chi connectivity index (χ3n) is 1.45. The van der Waals surface area contributed by atoms with E-state index < -0.39 is 0 Å². The monoisotopic (exact) mass is 221 g/mol. The molecule has 2 aromatic heterocycles. The third kappa shape index (κ3) is 1.05. The van der Waals surface area contributed by atoms with E-state index in [0.717, 1.165) is 0 Å². The Bertz CT molecular complexity index is 437. The van der Waals surface area contributed by atoms with Crippen molar-refractivity contribution in [1.29, 1.82) is 0 Å². The van der Waals surface area contributed by atoms with Gasteiger partial charge in [-0.3, -0.25) is 4.40 Å². The Labute approximate surface area is 82.9 Å². The first-order valence-electron chi connectivity index (χ1n) is 3.04. The van der Waals surface area contributed by atoms with Crippen LogP contribution in [0.1, 0.15) is 0 Å². The summed E-state index contributed by atoms with van der Waals surface area (Å²) in [7, 11) is 0. The quantitative estimate of drug-likeness (QED) is 0.686. The summed E-state index contributed by atoms with van der Waals surface area (Å²) in [5.74, 6) is 0. The van der Waals surface area contributed by atoms with Crippen LogP contribution in [-0.2, 0) is 0 Å². The molecule has 12 heavy (non-hydrogen) atoms. The zero-order chi connectivity index (χ0) is 8.72. The van der Waals surface area contributed by atoms with Gasteiger partial charge < -0.3 is 0 Å². The van der Waals surface area contributed by atoms with Crippen molar-refractivity contribution in [1.82, 2.24) is 14.6 Å². The van der Waals surface area contributed by atoms with Gasteiger partial charge in [-0.25, -0.2) is 0 Å². The Hall–Kier alpha value is -0.510. The van der Waals surface area contributed by atoms with Crippen molar-refractivity contribution in [3.63, 3.8) is 0 Å². The smallest absolute Gasteiger partial charge is 0.228 e. The minimum absolute atomic E-state index is 0.237. The lowest BCUT2D eigenvalue weighted by Gasteiger charge is -1.97. The highest BCUT2D eigenvalue weighted by atomic mass is 35.5. The number of nitrogens with zero attached hydrogens (tertiary/aromatic N) is 3. The predicted molar refractivity (Wildman–Crippen MR) is 48.0 cm³/mol. The number of rotatable bonds is 0. The predicted octanol–water partition coefficient (Wildman–Crippen LogP) is 2.69. The Morgan fingerprint density at radius 3 is 2.58 bits per heavy atom. The highest BCUT2D eigenvalue weighted by Gasteiger charge is 2.08. The van der Waals surface area contributed by atoms with E-state index in [2.05, 4.69) is 10.2 Å². The fourth-order valence-corrected chi connectivity index (χ4v) is 1.64. The molecule has 0 atom stereocenters. The molecular weight excluding hydrogens is 220 g/mol. The zero-order valence-corrected chi connectivity index (χ0v) is 7.90. The molecule has 0 unspecified atom stereocenters. The Morgan fingerprint density at radius 1 is 1.17 bits per heavy atom. The maximum absolute atomic E-state index is 5.82. The van der Waals surface area contributed by atoms with Gasteiger partial charge >= 0.3 is 0 Å². The molecule has 0 N–H and O–H groups in total. The largest absolute Gasteiger partial charge is 0.286 e. The molecule has 0 amide bonds. The first-order valence-corrected chi connectivity index (χ1v) is 4.18. The summed E-state index contributed by atoms with van der Waals surface area (Å²) < 4.78 is 1.57. The standard InChI is InChI=1S/C6H2Cl3N3/c7-3-1-2-12-4(3)5(8)10-11-6(12)9/h1-2H. The summed E-state index contributed by atoms with van der Waals surface area (Å²) >= 11 is 17.3. The van der Waals surface area contributed by atoms with Gasteiger partial charge in [-0.15, -0.1) is 10.2 Å². The average Bonchev–Trinajstić information content (AvgIpc) is 2.42. The van der Waals surface area contributed by atoms with Gasteiger partial charge in [-0.05, 0) is 17.7 Å². The van der Waals surface area contributed by atoms with E-state index in [1.54, 1.807) is 16.7 Å². The Morgan fingerprint density at radius 2 is 1.92 bits per heavy atom. The highest BCUT2D eigenvalue weighted by Crippen LogP contribution is 2.25. The van der Waals surface area contributed by atoms with Crippen molar-refractivity contribution >= 4 is 40.3 Å². The molecule has 0 saturated carbocycles. The second-order valence-corrected chi connectivity index (χ2v) is 3.25. The SMILES string of the molecule is Clc1ccn2c(Cl)nnc(Cl)c12. The topological polar surface area (TPSA) is 30.2 Å². The highest BCUT2D eigenvalue weighted by molar-refractivity contribution is 6.39. The van der Waals surface area contributed by atoms with E-state index in [-0.39, 0.29) is 10.4 Å². The van der Waals surface area contributed by atoms with Crippen molar-refractivity contribution < 1.29 is 0 Å². The third-order valence-corrected chi connectivity index (χ3v) is 2.27. The van der Waals surface area contributed by atoms with Gasteiger partial charge in [0.1, 0.15) is 5.52 Å². The van der Waals surface area contributed by atoms with Crippen LogP contribution in [0, 0.1) is 0 Å². The van der Waals surface area contributed by atoms with Crippen LogP contribution < -0.4 is 0 Å². The molecule has 0 aliphatic rings. The van der Waals surface area contributed by atoms with Gasteiger partial charge in [0.2, 0.25) is 5.28 Å². The minimum atomic E-state index is 0.237. The molecule has 0 bridgehead atoms. The van der Waals surface area contributed by atoms with Crippen molar-refractivity contribution in [2.75, 3.05) is 0 Å². The van der Waals surface area contributed by atoms with E-state index in [9.17, 15) is 0 Å². The minimum Gasteiger partial charge on any atom is -0.286 e. The van der Waals surface area contributed by atoms with Crippen LogP contribution >= 0.6 is 34.8 Å². The van der Waals surface area contributed by atoms with Gasteiger partial charge in [0.15, 0.2) is 5.15 Å². The summed E-state index contributed by atoms with van der Waals surface area (Å²) in [5.41, 5.74) is 0.582. The molecule has 0 aromatic carbocycles. The summed E-state index contributed by atoms with van der Waals surface area (Å²) in [6.07, 6.45) is 1.68. The Kier molecular flexibility index (Phi) is 1.87. The van der Waals surface area contributed by atoms with Crippen LogP contribution in [0.25, 0.3) is 5.52 Å². The summed E-state index contributed by atoms with van der Waals surface area (Å²) in [6.45, 7) is 0. The molecule has 0 aliphatic heterocycles. The number of halogens is 3. The molecule has 2 rings (SSSR count). The first kappa shape index (κ1) is 8.10. The van der Waals surface area contributed by atoms with E-state index in [4.69, 9.17) is 34.8 Å². The lowest BCUT2D eigenvalue weighted by molar-refractivity contribution is 0.952. The van der Waals surface area contributed by atoms with Gasteiger partial charge in [0.05, 0.1) is 5.02 Å². The van der Waals surface area contributed by atoms with Crippen LogP contribution in [0.4, 0.5) is 0 Å². The second-order valence-electron chi connectivity index (χ2n) is 2.14. The van der Waals surface area contributed by atoms with Crippen LogP contribution in [-0.4, -0.2) is 14.6 Å². The van der Waals surface area contributed by atoms with Crippen molar-refractivity contribution in [3.05, 3.63) is 27.7 Å².